The molecule has 5 nitrogen and oxygen atoms in total. The van der Waals surface area contributed by atoms with Gasteiger partial charge in [0, 0.05) is 6.54 Å². The minimum Gasteiger partial charge on any atom is -0.489 e. The van der Waals surface area contributed by atoms with Gasteiger partial charge in [-0.25, -0.2) is 0 Å². The molecule has 5 heteroatoms. The Kier molecular flexibility index (Phi) is 5.44. The summed E-state index contributed by atoms with van der Waals surface area (Å²) in [4.78, 5) is 22.1. The maximum Gasteiger partial charge on any atom is 0.305 e. The van der Waals surface area contributed by atoms with Crippen LogP contribution in [-0.4, -0.2) is 30.1 Å². The molecule has 0 saturated carbocycles. The predicted octanol–water partition coefficient (Wildman–Crippen LogP) is 1.46. The smallest absolute Gasteiger partial charge is 0.305 e. The van der Waals surface area contributed by atoms with Gasteiger partial charge in [0.1, 0.15) is 12.4 Å². The second kappa shape index (κ2) is 7.11. The first kappa shape index (κ1) is 13.8. The number of para-hydroxylation sites is 1. The number of carbonyl (C=O) groups excluding carboxylic acids is 1. The van der Waals surface area contributed by atoms with Crippen LogP contribution in [0.4, 0.5) is 0 Å². The summed E-state index contributed by atoms with van der Waals surface area (Å²) in [6.07, 6.45) is 1.47. The first-order valence-electron chi connectivity index (χ1n) is 5.48. The van der Waals surface area contributed by atoms with Crippen molar-refractivity contribution >= 4 is 11.9 Å². The van der Waals surface area contributed by atoms with Crippen molar-refractivity contribution in [2.45, 2.75) is 6.42 Å². The summed E-state index contributed by atoms with van der Waals surface area (Å²) in [5.41, 5.74) is 0.379. The average molecular weight is 249 g/mol. The number of rotatable bonds is 7. The predicted molar refractivity (Wildman–Crippen MR) is 66.7 cm³/mol. The molecule has 0 aromatic heterocycles. The zero-order valence-corrected chi connectivity index (χ0v) is 9.89. The maximum atomic E-state index is 11.8. The molecule has 0 fully saturated rings. The number of benzene rings is 1. The Labute approximate surface area is 105 Å². The molecular formula is C13H15NO4. The highest BCUT2D eigenvalue weighted by molar-refractivity contribution is 5.97. The summed E-state index contributed by atoms with van der Waals surface area (Å²) in [6.45, 7) is 3.92. The van der Waals surface area contributed by atoms with Gasteiger partial charge in [-0.15, -0.1) is 0 Å². The van der Waals surface area contributed by atoms with Gasteiger partial charge in [-0.2, -0.15) is 0 Å². The van der Waals surface area contributed by atoms with Gasteiger partial charge in [0.15, 0.2) is 0 Å². The SMILES string of the molecule is C=CCOc1ccccc1C(=O)NCCC(=O)O. The van der Waals surface area contributed by atoms with Crippen molar-refractivity contribution in [3.8, 4) is 5.75 Å². The minimum absolute atomic E-state index is 0.0873. The molecule has 0 aliphatic carbocycles. The van der Waals surface area contributed by atoms with Crippen molar-refractivity contribution in [1.29, 1.82) is 0 Å². The lowest BCUT2D eigenvalue weighted by Crippen LogP contribution is -2.26. The molecule has 0 aliphatic rings. The van der Waals surface area contributed by atoms with E-state index < -0.39 is 5.97 Å². The molecule has 96 valence electrons. The molecular weight excluding hydrogens is 234 g/mol. The summed E-state index contributed by atoms with van der Waals surface area (Å²) >= 11 is 0. The van der Waals surface area contributed by atoms with Gasteiger partial charge >= 0.3 is 5.97 Å². The Bertz CT molecular complexity index is 442. The Morgan fingerprint density at radius 2 is 2.11 bits per heavy atom. The van der Waals surface area contributed by atoms with E-state index in [9.17, 15) is 9.59 Å². The third-order valence-corrected chi connectivity index (χ3v) is 2.11. The monoisotopic (exact) mass is 249 g/mol. The van der Waals surface area contributed by atoms with Gasteiger partial charge in [-0.3, -0.25) is 9.59 Å². The standard InChI is InChI=1S/C13H15NO4/c1-2-9-18-11-6-4-3-5-10(11)13(17)14-8-7-12(15)16/h2-6H,1,7-9H2,(H,14,17)(H,15,16). The van der Waals surface area contributed by atoms with E-state index in [1.807, 2.05) is 0 Å². The fourth-order valence-corrected chi connectivity index (χ4v) is 1.31. The van der Waals surface area contributed by atoms with Crippen LogP contribution >= 0.6 is 0 Å². The van der Waals surface area contributed by atoms with Gasteiger partial charge in [0.2, 0.25) is 0 Å². The molecule has 0 radical (unpaired) electrons. The van der Waals surface area contributed by atoms with Crippen LogP contribution in [0.5, 0.6) is 5.75 Å². The molecule has 0 atom stereocenters. The van der Waals surface area contributed by atoms with E-state index >= 15 is 0 Å². The number of nitrogens with one attached hydrogen (secondary N) is 1. The van der Waals surface area contributed by atoms with Crippen LogP contribution in [0.25, 0.3) is 0 Å². The summed E-state index contributed by atoms with van der Waals surface area (Å²) in [7, 11) is 0. The fourth-order valence-electron chi connectivity index (χ4n) is 1.31. The van der Waals surface area contributed by atoms with Crippen LogP contribution in [0.3, 0.4) is 0 Å². The van der Waals surface area contributed by atoms with E-state index in [1.54, 1.807) is 30.3 Å². The van der Waals surface area contributed by atoms with E-state index in [1.165, 1.54) is 0 Å². The van der Waals surface area contributed by atoms with Crippen LogP contribution in [0.15, 0.2) is 36.9 Å². The number of amides is 1. The minimum atomic E-state index is -0.952. The first-order valence-corrected chi connectivity index (χ1v) is 5.48. The van der Waals surface area contributed by atoms with Crippen molar-refractivity contribution < 1.29 is 19.4 Å². The third-order valence-electron chi connectivity index (χ3n) is 2.11. The Morgan fingerprint density at radius 1 is 1.39 bits per heavy atom. The highest BCUT2D eigenvalue weighted by atomic mass is 16.5. The van der Waals surface area contributed by atoms with E-state index in [0.29, 0.717) is 17.9 Å². The largest absolute Gasteiger partial charge is 0.489 e. The second-order valence-corrected chi connectivity index (χ2v) is 3.50. The topological polar surface area (TPSA) is 75.6 Å². The summed E-state index contributed by atoms with van der Waals surface area (Å²) in [5, 5.41) is 11.0. The van der Waals surface area contributed by atoms with Gasteiger partial charge in [0.25, 0.3) is 5.91 Å². The number of ether oxygens (including phenoxy) is 1. The molecule has 1 rings (SSSR count). The molecule has 1 amide bonds. The Hall–Kier alpha value is -2.30. The number of carboxylic acids is 1. The molecule has 0 saturated heterocycles. The average Bonchev–Trinajstić information content (AvgIpc) is 2.36. The van der Waals surface area contributed by atoms with Gasteiger partial charge in [0.05, 0.1) is 12.0 Å². The van der Waals surface area contributed by atoms with Crippen molar-refractivity contribution in [2.75, 3.05) is 13.2 Å². The molecule has 1 aromatic carbocycles. The molecule has 0 spiro atoms. The maximum absolute atomic E-state index is 11.8. The molecule has 0 unspecified atom stereocenters. The van der Waals surface area contributed by atoms with Crippen LogP contribution in [0, 0.1) is 0 Å². The number of carbonyl (C=O) groups is 2. The van der Waals surface area contributed by atoms with E-state index in [4.69, 9.17) is 9.84 Å². The van der Waals surface area contributed by atoms with Gasteiger partial charge < -0.3 is 15.2 Å². The highest BCUT2D eigenvalue weighted by Gasteiger charge is 2.11. The second-order valence-electron chi connectivity index (χ2n) is 3.50. The van der Waals surface area contributed by atoms with Crippen molar-refractivity contribution in [1.82, 2.24) is 5.32 Å². The number of carboxylic acid groups (broad SMARTS) is 1. The van der Waals surface area contributed by atoms with E-state index in [-0.39, 0.29) is 18.9 Å². The Morgan fingerprint density at radius 3 is 2.78 bits per heavy atom. The summed E-state index contributed by atoms with van der Waals surface area (Å²) in [6, 6.07) is 6.77. The number of hydrogen-bond acceptors (Lipinski definition) is 3. The molecule has 18 heavy (non-hydrogen) atoms. The van der Waals surface area contributed by atoms with Gasteiger partial charge in [-0.05, 0) is 12.1 Å². The lowest BCUT2D eigenvalue weighted by Gasteiger charge is -2.09. The number of aliphatic carboxylic acids is 1. The van der Waals surface area contributed by atoms with Crippen molar-refractivity contribution in [3.63, 3.8) is 0 Å². The number of hydrogen-bond donors (Lipinski definition) is 2. The first-order chi connectivity index (χ1) is 8.65. The molecule has 0 heterocycles. The molecule has 0 aliphatic heterocycles. The lowest BCUT2D eigenvalue weighted by molar-refractivity contribution is -0.136. The lowest BCUT2D eigenvalue weighted by atomic mass is 10.2. The van der Waals surface area contributed by atoms with Crippen LogP contribution < -0.4 is 10.1 Å². The summed E-state index contributed by atoms with van der Waals surface area (Å²) < 4.78 is 5.34. The quantitative estimate of drug-likeness (QED) is 0.717. The zero-order chi connectivity index (χ0) is 13.4. The molecule has 1 aromatic rings. The normalized spacial score (nSPS) is 9.56. The van der Waals surface area contributed by atoms with Crippen molar-refractivity contribution in [2.24, 2.45) is 0 Å². The molecule has 0 bridgehead atoms. The van der Waals surface area contributed by atoms with Gasteiger partial charge in [-0.1, -0.05) is 24.8 Å². The molecule has 2 N–H and O–H groups in total. The third kappa shape index (κ3) is 4.29. The van der Waals surface area contributed by atoms with Crippen LogP contribution in [-0.2, 0) is 4.79 Å². The Balaban J connectivity index is 2.66. The fraction of sp³-hybridized carbons (Fsp3) is 0.231. The van der Waals surface area contributed by atoms with Crippen molar-refractivity contribution in [3.05, 3.63) is 42.5 Å². The van der Waals surface area contributed by atoms with E-state index in [0.717, 1.165) is 0 Å². The van der Waals surface area contributed by atoms with E-state index in [2.05, 4.69) is 11.9 Å². The highest BCUT2D eigenvalue weighted by Crippen LogP contribution is 2.17. The summed E-state index contributed by atoms with van der Waals surface area (Å²) in [5.74, 6) is -0.854. The van der Waals surface area contributed by atoms with Crippen LogP contribution in [0.2, 0.25) is 0 Å². The van der Waals surface area contributed by atoms with Crippen LogP contribution in [0.1, 0.15) is 16.8 Å². The zero-order valence-electron chi connectivity index (χ0n) is 9.89.